The van der Waals surface area contributed by atoms with Crippen LogP contribution in [0.3, 0.4) is 0 Å². The van der Waals surface area contributed by atoms with Crippen molar-refractivity contribution in [2.45, 2.75) is 25.2 Å². The average Bonchev–Trinajstić information content (AvgIpc) is 3.25. The van der Waals surface area contributed by atoms with E-state index < -0.39 is 24.3 Å². The SMILES string of the molecule is CCn1c(C(O)(c2ccccc2)c2ccccc2)nc2ccc(C(=O)NC[C@H](O)CF)cc21. The number of aliphatic hydroxyl groups excluding tert-OH is 1. The Morgan fingerprint density at radius 3 is 2.21 bits per heavy atom. The summed E-state index contributed by atoms with van der Waals surface area (Å²) in [4.78, 5) is 17.3. The first kappa shape index (κ1) is 22.6. The minimum absolute atomic E-state index is 0.173. The van der Waals surface area contributed by atoms with E-state index >= 15 is 0 Å². The van der Waals surface area contributed by atoms with Crippen molar-refractivity contribution in [1.82, 2.24) is 14.9 Å². The van der Waals surface area contributed by atoms with E-state index in [1.54, 1.807) is 18.2 Å². The predicted octanol–water partition coefficient (Wildman–Crippen LogP) is 3.40. The lowest BCUT2D eigenvalue weighted by Crippen LogP contribution is -2.33. The van der Waals surface area contributed by atoms with Gasteiger partial charge in [0.1, 0.15) is 6.67 Å². The molecule has 0 aliphatic carbocycles. The second-order valence-electron chi connectivity index (χ2n) is 7.84. The highest BCUT2D eigenvalue weighted by molar-refractivity contribution is 5.97. The first-order valence-corrected chi connectivity index (χ1v) is 10.9. The Labute approximate surface area is 191 Å². The first-order valence-electron chi connectivity index (χ1n) is 10.9. The molecule has 0 radical (unpaired) electrons. The predicted molar refractivity (Wildman–Crippen MR) is 125 cm³/mol. The molecule has 0 saturated heterocycles. The Morgan fingerprint density at radius 2 is 1.67 bits per heavy atom. The van der Waals surface area contributed by atoms with E-state index in [1.807, 2.05) is 72.2 Å². The number of rotatable bonds is 8. The molecule has 0 aliphatic heterocycles. The van der Waals surface area contributed by atoms with Crippen LogP contribution in [0.25, 0.3) is 11.0 Å². The van der Waals surface area contributed by atoms with Crippen LogP contribution < -0.4 is 5.32 Å². The molecule has 0 aliphatic rings. The summed E-state index contributed by atoms with van der Waals surface area (Å²) >= 11 is 0. The number of halogens is 1. The van der Waals surface area contributed by atoms with Gasteiger partial charge >= 0.3 is 0 Å². The van der Waals surface area contributed by atoms with Crippen molar-refractivity contribution in [2.24, 2.45) is 0 Å². The van der Waals surface area contributed by atoms with Crippen LogP contribution in [0.5, 0.6) is 0 Å². The maximum absolute atomic E-state index is 12.5. The number of nitrogens with one attached hydrogen (secondary N) is 1. The zero-order chi connectivity index (χ0) is 23.4. The lowest BCUT2D eigenvalue weighted by Gasteiger charge is -2.29. The third-order valence-electron chi connectivity index (χ3n) is 5.71. The van der Waals surface area contributed by atoms with Gasteiger partial charge in [-0.2, -0.15) is 0 Å². The van der Waals surface area contributed by atoms with Crippen LogP contribution in [-0.2, 0) is 12.1 Å². The summed E-state index contributed by atoms with van der Waals surface area (Å²) in [5, 5.41) is 24.1. The van der Waals surface area contributed by atoms with Gasteiger partial charge in [-0.1, -0.05) is 60.7 Å². The van der Waals surface area contributed by atoms with Gasteiger partial charge in [0.05, 0.1) is 17.1 Å². The quantitative estimate of drug-likeness (QED) is 0.386. The molecule has 0 bridgehead atoms. The summed E-state index contributed by atoms with van der Waals surface area (Å²) in [6.07, 6.45) is -1.24. The number of carbonyl (C=O) groups excluding carboxylic acids is 1. The van der Waals surface area contributed by atoms with Gasteiger partial charge in [0, 0.05) is 18.7 Å². The molecule has 7 heteroatoms. The van der Waals surface area contributed by atoms with Crippen LogP contribution >= 0.6 is 0 Å². The lowest BCUT2D eigenvalue weighted by molar-refractivity contribution is 0.0895. The van der Waals surface area contributed by atoms with E-state index in [0.717, 1.165) is 0 Å². The summed E-state index contributed by atoms with van der Waals surface area (Å²) in [6.45, 7) is 1.36. The molecule has 6 nitrogen and oxygen atoms in total. The van der Waals surface area contributed by atoms with Gasteiger partial charge < -0.3 is 20.1 Å². The zero-order valence-electron chi connectivity index (χ0n) is 18.3. The topological polar surface area (TPSA) is 87.4 Å². The summed E-state index contributed by atoms with van der Waals surface area (Å²) in [5.74, 6) is 0.0268. The number of amides is 1. The van der Waals surface area contributed by atoms with Gasteiger partial charge in [0.2, 0.25) is 0 Å². The van der Waals surface area contributed by atoms with Crippen molar-refractivity contribution >= 4 is 16.9 Å². The number of imidazole rings is 1. The van der Waals surface area contributed by atoms with E-state index in [0.29, 0.717) is 40.1 Å². The molecule has 3 aromatic carbocycles. The van der Waals surface area contributed by atoms with Gasteiger partial charge in [-0.15, -0.1) is 0 Å². The number of hydrogen-bond donors (Lipinski definition) is 3. The first-order chi connectivity index (χ1) is 16.0. The molecular formula is C26H26FN3O3. The molecular weight excluding hydrogens is 421 g/mol. The lowest BCUT2D eigenvalue weighted by atomic mass is 9.85. The number of aromatic nitrogens is 2. The molecule has 1 heterocycles. The number of fused-ring (bicyclic) bond motifs is 1. The fourth-order valence-corrected chi connectivity index (χ4v) is 4.01. The van der Waals surface area contributed by atoms with Crippen LogP contribution in [0.2, 0.25) is 0 Å². The molecule has 170 valence electrons. The third-order valence-corrected chi connectivity index (χ3v) is 5.71. The fraction of sp³-hybridized carbons (Fsp3) is 0.231. The second kappa shape index (κ2) is 9.52. The van der Waals surface area contributed by atoms with Crippen molar-refractivity contribution in [3.05, 3.63) is 101 Å². The normalized spacial score (nSPS) is 12.6. The second-order valence-corrected chi connectivity index (χ2v) is 7.84. The Balaban J connectivity index is 1.85. The maximum Gasteiger partial charge on any atom is 0.251 e. The Morgan fingerprint density at radius 1 is 1.06 bits per heavy atom. The monoisotopic (exact) mass is 447 g/mol. The number of aliphatic hydroxyl groups is 2. The largest absolute Gasteiger partial charge is 0.389 e. The molecule has 0 spiro atoms. The van der Waals surface area contributed by atoms with Crippen LogP contribution in [0.15, 0.2) is 78.9 Å². The van der Waals surface area contributed by atoms with Gasteiger partial charge in [-0.05, 0) is 36.2 Å². The van der Waals surface area contributed by atoms with Gasteiger partial charge in [0.25, 0.3) is 5.91 Å². The molecule has 1 aromatic heterocycles. The highest BCUT2D eigenvalue weighted by Gasteiger charge is 2.38. The molecule has 4 rings (SSSR count). The highest BCUT2D eigenvalue weighted by atomic mass is 19.1. The van der Waals surface area contributed by atoms with Crippen molar-refractivity contribution in [1.29, 1.82) is 0 Å². The molecule has 0 fully saturated rings. The Hall–Kier alpha value is -3.55. The maximum atomic E-state index is 12.5. The van der Waals surface area contributed by atoms with Crippen molar-refractivity contribution in [3.63, 3.8) is 0 Å². The molecule has 0 saturated carbocycles. The number of alkyl halides is 1. The van der Waals surface area contributed by atoms with Crippen molar-refractivity contribution in [2.75, 3.05) is 13.2 Å². The molecule has 33 heavy (non-hydrogen) atoms. The van der Waals surface area contributed by atoms with Crippen LogP contribution in [0, 0.1) is 0 Å². The zero-order valence-corrected chi connectivity index (χ0v) is 18.3. The van der Waals surface area contributed by atoms with E-state index in [4.69, 9.17) is 4.98 Å². The number of benzene rings is 3. The van der Waals surface area contributed by atoms with E-state index in [9.17, 15) is 19.4 Å². The average molecular weight is 448 g/mol. The molecule has 1 atom stereocenters. The van der Waals surface area contributed by atoms with E-state index in [-0.39, 0.29) is 6.54 Å². The van der Waals surface area contributed by atoms with E-state index in [1.165, 1.54) is 0 Å². The summed E-state index contributed by atoms with van der Waals surface area (Å²) in [7, 11) is 0. The molecule has 3 N–H and O–H groups in total. The summed E-state index contributed by atoms with van der Waals surface area (Å²) in [5.41, 5.74) is 1.54. The number of carbonyl (C=O) groups is 1. The van der Waals surface area contributed by atoms with Gasteiger partial charge in [-0.3, -0.25) is 4.79 Å². The molecule has 4 aromatic rings. The van der Waals surface area contributed by atoms with Crippen molar-refractivity contribution < 1.29 is 19.4 Å². The number of hydrogen-bond acceptors (Lipinski definition) is 4. The summed E-state index contributed by atoms with van der Waals surface area (Å²) < 4.78 is 14.4. The fourth-order valence-electron chi connectivity index (χ4n) is 4.01. The number of aryl methyl sites for hydroxylation is 1. The Bertz CT molecular complexity index is 1200. The van der Waals surface area contributed by atoms with Gasteiger partial charge in [0.15, 0.2) is 11.4 Å². The Kier molecular flexibility index (Phi) is 6.53. The third kappa shape index (κ3) is 4.25. The molecule has 0 unspecified atom stereocenters. The summed E-state index contributed by atoms with van der Waals surface area (Å²) in [6, 6.07) is 23.8. The minimum atomic E-state index is -1.51. The van der Waals surface area contributed by atoms with Crippen LogP contribution in [0.4, 0.5) is 4.39 Å². The minimum Gasteiger partial charge on any atom is -0.389 e. The van der Waals surface area contributed by atoms with E-state index in [2.05, 4.69) is 5.32 Å². The highest BCUT2D eigenvalue weighted by Crippen LogP contribution is 2.37. The van der Waals surface area contributed by atoms with Crippen LogP contribution in [0.1, 0.15) is 34.2 Å². The van der Waals surface area contributed by atoms with Crippen LogP contribution in [-0.4, -0.2) is 45.0 Å². The standard InChI is InChI=1S/C26H26FN3O3/c1-2-30-23-15-18(24(32)28-17-21(31)16-27)13-14-22(23)29-25(30)26(33,19-9-5-3-6-10-19)20-11-7-4-8-12-20/h3-15,21,31,33H,2,16-17H2,1H3,(H,28,32)/t21-/m1/s1. The van der Waals surface area contributed by atoms with Gasteiger partial charge in [-0.25, -0.2) is 9.37 Å². The van der Waals surface area contributed by atoms with Crippen molar-refractivity contribution in [3.8, 4) is 0 Å². The number of nitrogens with zero attached hydrogens (tertiary/aromatic N) is 2. The smallest absolute Gasteiger partial charge is 0.251 e. The molecule has 1 amide bonds.